The molecular formula is C15H20N2S. The highest BCUT2D eigenvalue weighted by atomic mass is 32.1. The van der Waals surface area contributed by atoms with Crippen LogP contribution in [-0.4, -0.2) is 11.0 Å². The molecule has 1 aromatic carbocycles. The van der Waals surface area contributed by atoms with E-state index in [1.165, 1.54) is 21.6 Å². The zero-order valence-electron chi connectivity index (χ0n) is 11.4. The van der Waals surface area contributed by atoms with Crippen LogP contribution in [0.1, 0.15) is 28.6 Å². The third kappa shape index (κ3) is 2.79. The van der Waals surface area contributed by atoms with Gasteiger partial charge in [-0.1, -0.05) is 17.7 Å². The molecule has 0 spiro atoms. The molecule has 96 valence electrons. The maximum absolute atomic E-state index is 5.87. The number of nitrogens with zero attached hydrogens (tertiary/aromatic N) is 1. The summed E-state index contributed by atoms with van der Waals surface area (Å²) in [4.78, 5) is 6.01. The maximum Gasteiger partial charge on any atom is 0.124 e. The van der Waals surface area contributed by atoms with Crippen LogP contribution in [-0.2, 0) is 6.42 Å². The fourth-order valence-corrected chi connectivity index (χ4v) is 3.28. The van der Waals surface area contributed by atoms with Gasteiger partial charge in [0.1, 0.15) is 5.01 Å². The van der Waals surface area contributed by atoms with E-state index in [1.807, 2.05) is 6.92 Å². The molecule has 2 nitrogen and oxygen atoms in total. The summed E-state index contributed by atoms with van der Waals surface area (Å²) in [5, 5.41) is 1.12. The van der Waals surface area contributed by atoms with Gasteiger partial charge in [0.15, 0.2) is 0 Å². The molecule has 0 aliphatic heterocycles. The molecule has 0 aliphatic carbocycles. The van der Waals surface area contributed by atoms with E-state index in [0.717, 1.165) is 17.1 Å². The summed E-state index contributed by atoms with van der Waals surface area (Å²) in [6.07, 6.45) is 0.911. The molecule has 0 radical (unpaired) electrons. The van der Waals surface area contributed by atoms with E-state index >= 15 is 0 Å². The van der Waals surface area contributed by atoms with E-state index in [2.05, 4.69) is 39.0 Å². The molecule has 0 bridgehead atoms. The second kappa shape index (κ2) is 5.21. The average molecular weight is 260 g/mol. The molecule has 2 rings (SSSR count). The van der Waals surface area contributed by atoms with Gasteiger partial charge < -0.3 is 5.73 Å². The van der Waals surface area contributed by atoms with Gasteiger partial charge >= 0.3 is 0 Å². The normalized spacial score (nSPS) is 12.7. The first-order chi connectivity index (χ1) is 8.47. The van der Waals surface area contributed by atoms with Crippen molar-refractivity contribution in [3.05, 3.63) is 39.9 Å². The zero-order chi connectivity index (χ0) is 13.3. The molecule has 3 heteroatoms. The molecule has 1 heterocycles. The molecule has 0 saturated heterocycles. The topological polar surface area (TPSA) is 38.9 Å². The van der Waals surface area contributed by atoms with E-state index in [9.17, 15) is 0 Å². The summed E-state index contributed by atoms with van der Waals surface area (Å²) in [6.45, 7) is 8.36. The summed E-state index contributed by atoms with van der Waals surface area (Å²) in [5.41, 5.74) is 10.8. The molecule has 1 atom stereocenters. The van der Waals surface area contributed by atoms with Crippen molar-refractivity contribution < 1.29 is 0 Å². The van der Waals surface area contributed by atoms with Gasteiger partial charge in [0.05, 0.1) is 5.69 Å². The zero-order valence-corrected chi connectivity index (χ0v) is 12.3. The van der Waals surface area contributed by atoms with Gasteiger partial charge in [0.2, 0.25) is 0 Å². The van der Waals surface area contributed by atoms with Crippen molar-refractivity contribution in [1.82, 2.24) is 4.98 Å². The number of hydrogen-bond donors (Lipinski definition) is 1. The van der Waals surface area contributed by atoms with Crippen LogP contribution in [0.25, 0.3) is 10.6 Å². The van der Waals surface area contributed by atoms with Crippen molar-refractivity contribution in [2.45, 2.75) is 40.2 Å². The van der Waals surface area contributed by atoms with Gasteiger partial charge in [-0.3, -0.25) is 0 Å². The third-order valence-electron chi connectivity index (χ3n) is 3.02. The Morgan fingerprint density at radius 3 is 2.67 bits per heavy atom. The average Bonchev–Trinajstić information content (AvgIpc) is 2.63. The Labute approximate surface area is 113 Å². The minimum atomic E-state index is 0.190. The number of aryl methyl sites for hydroxylation is 3. The minimum absolute atomic E-state index is 0.190. The Kier molecular flexibility index (Phi) is 3.83. The molecule has 18 heavy (non-hydrogen) atoms. The number of nitrogens with two attached hydrogens (primary N) is 1. The Balaban J connectivity index is 2.42. The van der Waals surface area contributed by atoms with E-state index in [4.69, 9.17) is 10.7 Å². The van der Waals surface area contributed by atoms with Crippen LogP contribution in [0.15, 0.2) is 18.2 Å². The smallest absolute Gasteiger partial charge is 0.124 e. The van der Waals surface area contributed by atoms with Gasteiger partial charge in [-0.2, -0.15) is 0 Å². The molecule has 2 N–H and O–H groups in total. The molecule has 1 aromatic heterocycles. The summed E-state index contributed by atoms with van der Waals surface area (Å²) in [6, 6.07) is 6.70. The van der Waals surface area contributed by atoms with Crippen molar-refractivity contribution in [3.8, 4) is 10.6 Å². The monoisotopic (exact) mass is 260 g/mol. The van der Waals surface area contributed by atoms with Crippen LogP contribution in [0.2, 0.25) is 0 Å². The summed E-state index contributed by atoms with van der Waals surface area (Å²) in [5.74, 6) is 0. The van der Waals surface area contributed by atoms with Crippen LogP contribution in [0.3, 0.4) is 0 Å². The molecule has 0 amide bonds. The number of rotatable bonds is 3. The Hall–Kier alpha value is -1.19. The van der Waals surface area contributed by atoms with E-state index < -0.39 is 0 Å². The maximum atomic E-state index is 5.87. The third-order valence-corrected chi connectivity index (χ3v) is 4.24. The van der Waals surface area contributed by atoms with Crippen LogP contribution in [0, 0.1) is 20.8 Å². The highest BCUT2D eigenvalue weighted by Gasteiger charge is 2.12. The SMILES string of the molecule is Cc1ccc(C)c(-c2nc(C)c(CC(C)N)s2)c1. The van der Waals surface area contributed by atoms with Crippen LogP contribution in [0.5, 0.6) is 0 Å². The molecule has 0 aliphatic rings. The highest BCUT2D eigenvalue weighted by Crippen LogP contribution is 2.31. The van der Waals surface area contributed by atoms with E-state index in [0.29, 0.717) is 0 Å². The first kappa shape index (κ1) is 13.2. The van der Waals surface area contributed by atoms with Crippen molar-refractivity contribution in [1.29, 1.82) is 0 Å². The molecule has 0 saturated carbocycles. The Morgan fingerprint density at radius 1 is 1.28 bits per heavy atom. The molecule has 1 unspecified atom stereocenters. The quantitative estimate of drug-likeness (QED) is 0.915. The van der Waals surface area contributed by atoms with Crippen LogP contribution in [0.4, 0.5) is 0 Å². The van der Waals surface area contributed by atoms with Gasteiger partial charge in [0.25, 0.3) is 0 Å². The van der Waals surface area contributed by atoms with E-state index in [-0.39, 0.29) is 6.04 Å². The molecule has 2 aromatic rings. The van der Waals surface area contributed by atoms with Crippen molar-refractivity contribution in [2.24, 2.45) is 5.73 Å². The fraction of sp³-hybridized carbons (Fsp3) is 0.400. The predicted octanol–water partition coefficient (Wildman–Crippen LogP) is 3.63. The lowest BCUT2D eigenvalue weighted by Gasteiger charge is -2.03. The van der Waals surface area contributed by atoms with Crippen LogP contribution < -0.4 is 5.73 Å². The standard InChI is InChI=1S/C15H20N2S/c1-9-5-6-10(2)13(7-9)15-17-12(4)14(18-15)8-11(3)16/h5-7,11H,8,16H2,1-4H3. The van der Waals surface area contributed by atoms with Crippen LogP contribution >= 0.6 is 11.3 Å². The first-order valence-corrected chi connectivity index (χ1v) is 7.08. The van der Waals surface area contributed by atoms with Crippen molar-refractivity contribution in [2.75, 3.05) is 0 Å². The first-order valence-electron chi connectivity index (χ1n) is 6.27. The van der Waals surface area contributed by atoms with Gasteiger partial charge in [-0.05, 0) is 45.7 Å². The van der Waals surface area contributed by atoms with Gasteiger partial charge in [-0.15, -0.1) is 11.3 Å². The largest absolute Gasteiger partial charge is 0.328 e. The Morgan fingerprint density at radius 2 is 2.00 bits per heavy atom. The molecule has 0 fully saturated rings. The summed E-state index contributed by atoms with van der Waals surface area (Å²) < 4.78 is 0. The highest BCUT2D eigenvalue weighted by molar-refractivity contribution is 7.15. The molecular weight excluding hydrogens is 240 g/mol. The number of aromatic nitrogens is 1. The lowest BCUT2D eigenvalue weighted by Crippen LogP contribution is -2.17. The lowest BCUT2D eigenvalue weighted by atomic mass is 10.1. The predicted molar refractivity (Wildman–Crippen MR) is 79.1 cm³/mol. The van der Waals surface area contributed by atoms with Gasteiger partial charge in [-0.25, -0.2) is 4.98 Å². The Bertz CT molecular complexity index is 556. The lowest BCUT2D eigenvalue weighted by molar-refractivity contribution is 0.742. The van der Waals surface area contributed by atoms with Gasteiger partial charge in [0, 0.05) is 16.5 Å². The second-order valence-electron chi connectivity index (χ2n) is 5.03. The number of benzene rings is 1. The minimum Gasteiger partial charge on any atom is -0.328 e. The second-order valence-corrected chi connectivity index (χ2v) is 6.11. The van der Waals surface area contributed by atoms with E-state index in [1.54, 1.807) is 11.3 Å². The van der Waals surface area contributed by atoms with Crippen molar-refractivity contribution in [3.63, 3.8) is 0 Å². The summed E-state index contributed by atoms with van der Waals surface area (Å²) in [7, 11) is 0. The van der Waals surface area contributed by atoms with Crippen molar-refractivity contribution >= 4 is 11.3 Å². The number of thiazole rings is 1. The summed E-state index contributed by atoms with van der Waals surface area (Å²) >= 11 is 1.77. The fourth-order valence-electron chi connectivity index (χ4n) is 1.99. The number of hydrogen-bond acceptors (Lipinski definition) is 3.